The molecule has 14 nitrogen and oxygen atoms in total. The number of H-pyrrole nitrogens is 1. The number of rotatable bonds is 15. The molecule has 1 saturated heterocycles. The zero-order valence-electron chi connectivity index (χ0n) is 33.8. The number of carbonyl (C=O) groups is 4. The molecule has 6 rings (SSSR count). The van der Waals surface area contributed by atoms with Gasteiger partial charge in [-0.1, -0.05) is 30.3 Å². The van der Waals surface area contributed by atoms with Crippen LogP contribution in [-0.4, -0.2) is 105 Å². The number of aliphatic hydroxyl groups excluding tert-OH is 1. The summed E-state index contributed by atoms with van der Waals surface area (Å²) in [4.78, 5) is 57.2. The first kappa shape index (κ1) is 44.7. The Morgan fingerprint density at radius 2 is 1.56 bits per heavy atom. The first-order valence-electron chi connectivity index (χ1n) is 20.2. The van der Waals surface area contributed by atoms with Crippen LogP contribution in [0.1, 0.15) is 65.8 Å². The van der Waals surface area contributed by atoms with Crippen molar-refractivity contribution < 1.29 is 47.0 Å². The van der Waals surface area contributed by atoms with Gasteiger partial charge < -0.3 is 36.4 Å². The highest BCUT2D eigenvalue weighted by Crippen LogP contribution is 2.41. The highest BCUT2D eigenvalue weighted by atomic mass is 19.3. The van der Waals surface area contributed by atoms with Crippen molar-refractivity contribution in [1.29, 1.82) is 0 Å². The first-order chi connectivity index (χ1) is 29.0. The van der Waals surface area contributed by atoms with Crippen molar-refractivity contribution in [3.8, 4) is 22.5 Å². The number of likely N-dealkylation sites (tertiary alicyclic amines) is 1. The minimum Gasteiger partial charge on any atom is -0.465 e. The number of amides is 4. The van der Waals surface area contributed by atoms with Gasteiger partial charge >= 0.3 is 17.9 Å². The number of hydrogen-bond donors (Lipinski definition) is 7. The normalized spacial score (nSPS) is 18.2. The van der Waals surface area contributed by atoms with Crippen LogP contribution in [0.4, 0.5) is 28.0 Å². The molecule has 1 aliphatic carbocycles. The topological polar surface area (TPSA) is 202 Å². The number of anilines is 1. The number of benzene rings is 3. The predicted octanol–water partition coefficient (Wildman–Crippen LogP) is 5.73. The summed E-state index contributed by atoms with van der Waals surface area (Å²) in [5, 5.41) is 34.4. The van der Waals surface area contributed by atoms with E-state index < -0.39 is 42.3 Å². The van der Waals surface area contributed by atoms with E-state index >= 15 is 0 Å². The third-order valence-electron chi connectivity index (χ3n) is 11.5. The van der Waals surface area contributed by atoms with Crippen molar-refractivity contribution in [1.82, 2.24) is 36.0 Å². The molecule has 0 bridgehead atoms. The van der Waals surface area contributed by atoms with Crippen LogP contribution in [0.3, 0.4) is 0 Å². The average Bonchev–Trinajstić information content (AvgIpc) is 3.76. The molecule has 61 heavy (non-hydrogen) atoms. The van der Waals surface area contributed by atoms with Crippen LogP contribution in [0.5, 0.6) is 0 Å². The second-order valence-electron chi connectivity index (χ2n) is 16.0. The first-order valence-corrected chi connectivity index (χ1v) is 20.2. The number of hydrogen-bond acceptors (Lipinski definition) is 8. The Bertz CT molecular complexity index is 2170. The molecule has 2 heterocycles. The number of carboxylic acid groups (broad SMARTS) is 1. The summed E-state index contributed by atoms with van der Waals surface area (Å²) in [6, 6.07) is 18.0. The van der Waals surface area contributed by atoms with Gasteiger partial charge in [-0.05, 0) is 130 Å². The van der Waals surface area contributed by atoms with Crippen LogP contribution in [0.15, 0.2) is 66.7 Å². The van der Waals surface area contributed by atoms with Crippen molar-refractivity contribution in [3.05, 3.63) is 89.2 Å². The Balaban J connectivity index is 1.14. The van der Waals surface area contributed by atoms with Gasteiger partial charge in [0, 0.05) is 41.7 Å². The van der Waals surface area contributed by atoms with E-state index in [9.17, 15) is 36.7 Å². The third kappa shape index (κ3) is 11.1. The van der Waals surface area contributed by atoms with Crippen molar-refractivity contribution >= 4 is 29.5 Å². The summed E-state index contributed by atoms with van der Waals surface area (Å²) in [6.45, 7) is 2.01. The van der Waals surface area contributed by atoms with E-state index in [2.05, 4.69) is 48.4 Å². The maximum atomic E-state index is 14.2. The van der Waals surface area contributed by atoms with E-state index in [1.807, 2.05) is 43.3 Å². The van der Waals surface area contributed by atoms with E-state index in [1.54, 1.807) is 6.07 Å². The van der Waals surface area contributed by atoms with Crippen LogP contribution < -0.4 is 21.3 Å². The number of carbonyl (C=O) groups excluding carboxylic acids is 3. The van der Waals surface area contributed by atoms with Crippen LogP contribution in [0.25, 0.3) is 22.5 Å². The molecule has 2 aliphatic rings. The van der Waals surface area contributed by atoms with Gasteiger partial charge in [0.25, 0.3) is 5.91 Å². The van der Waals surface area contributed by atoms with Crippen LogP contribution in [0.2, 0.25) is 0 Å². The molecule has 18 heteroatoms. The highest BCUT2D eigenvalue weighted by Gasteiger charge is 2.60. The molecule has 0 unspecified atom stereocenters. The predicted molar refractivity (Wildman–Crippen MR) is 218 cm³/mol. The van der Waals surface area contributed by atoms with E-state index in [4.69, 9.17) is 10.2 Å². The molecular weight excluding hydrogens is 801 g/mol. The Hall–Kier alpha value is -5.88. The Kier molecular flexibility index (Phi) is 14.1. The van der Waals surface area contributed by atoms with Gasteiger partial charge in [0.1, 0.15) is 12.6 Å². The lowest BCUT2D eigenvalue weighted by Crippen LogP contribution is -2.48. The SMILES string of the molecule is Cc1cc(C(=O)NC2CCN(C)CC2)ccc1-c1ccc(C[C@H](NC(=O)[C@H]2CC[C@H](CNC(=O)O)CC2)C(=O)Nc2ccc(-c3nc(C(F)(F)C(F)(F)CO)n[nH]3)cc2)cc1. The molecule has 1 aliphatic heterocycles. The van der Waals surface area contributed by atoms with E-state index in [0.717, 1.165) is 48.2 Å². The van der Waals surface area contributed by atoms with E-state index in [1.165, 1.54) is 24.3 Å². The molecule has 0 radical (unpaired) electrons. The van der Waals surface area contributed by atoms with Gasteiger partial charge in [-0.15, -0.1) is 0 Å². The monoisotopic (exact) mass is 850 g/mol. The van der Waals surface area contributed by atoms with Gasteiger partial charge in [0.2, 0.25) is 17.6 Å². The third-order valence-corrected chi connectivity index (χ3v) is 11.5. The number of alkyl halides is 4. The van der Waals surface area contributed by atoms with Crippen molar-refractivity contribution in [2.75, 3.05) is 38.6 Å². The molecule has 0 spiro atoms. The van der Waals surface area contributed by atoms with Crippen molar-refractivity contribution in [3.63, 3.8) is 0 Å². The Morgan fingerprint density at radius 1 is 0.902 bits per heavy atom. The molecule has 1 aromatic heterocycles. The van der Waals surface area contributed by atoms with Gasteiger partial charge in [-0.25, -0.2) is 9.78 Å². The summed E-state index contributed by atoms with van der Waals surface area (Å²) in [5.74, 6) is -12.6. The number of nitrogens with one attached hydrogen (secondary N) is 5. The summed E-state index contributed by atoms with van der Waals surface area (Å²) in [7, 11) is 2.07. The Morgan fingerprint density at radius 3 is 2.18 bits per heavy atom. The Labute approximate surface area is 349 Å². The number of halogens is 4. The summed E-state index contributed by atoms with van der Waals surface area (Å²) < 4.78 is 55.8. The molecule has 2 fully saturated rings. The summed E-state index contributed by atoms with van der Waals surface area (Å²) in [5.41, 5.74) is 4.55. The molecule has 3 aromatic carbocycles. The lowest BCUT2D eigenvalue weighted by Gasteiger charge is -2.29. The van der Waals surface area contributed by atoms with Gasteiger partial charge in [-0.3, -0.25) is 19.5 Å². The maximum absolute atomic E-state index is 14.2. The van der Waals surface area contributed by atoms with Gasteiger partial charge in [0.05, 0.1) is 0 Å². The zero-order chi connectivity index (χ0) is 43.9. The van der Waals surface area contributed by atoms with E-state index in [0.29, 0.717) is 37.8 Å². The minimum absolute atomic E-state index is 0.100. The lowest BCUT2D eigenvalue weighted by molar-refractivity contribution is -0.236. The number of aromatic amines is 1. The van der Waals surface area contributed by atoms with Crippen LogP contribution in [-0.2, 0) is 21.9 Å². The lowest BCUT2D eigenvalue weighted by atomic mass is 9.81. The largest absolute Gasteiger partial charge is 0.465 e. The number of aryl methyl sites for hydroxylation is 1. The summed E-state index contributed by atoms with van der Waals surface area (Å²) >= 11 is 0. The number of aromatic nitrogens is 3. The smallest absolute Gasteiger partial charge is 0.404 e. The number of piperidine rings is 1. The standard InChI is InChI=1S/C43H50F4N8O6/c1-25-21-31(38(58)49-33-17-19-55(2)20-18-33)13-16-34(25)28-7-3-26(4-8-28)22-35(51-37(57)30-9-5-27(6-10-30)23-48-41(60)61)39(59)50-32-14-11-29(12-15-32)36-52-40(54-53-36)43(46,47)42(44,45)24-56/h3-4,7-8,11-16,21,27,30,33,35,48,56H,5-6,9-10,17-20,22-24H2,1-2H3,(H,49,58)(H,50,59)(H,51,57)(H,60,61)(H,52,53,54)/t27-,30-,35-/m0/s1. The average molecular weight is 851 g/mol. The molecule has 4 aromatic rings. The summed E-state index contributed by atoms with van der Waals surface area (Å²) in [6.07, 6.45) is 3.15. The zero-order valence-corrected chi connectivity index (χ0v) is 33.8. The molecule has 7 N–H and O–H groups in total. The number of nitrogens with zero attached hydrogens (tertiary/aromatic N) is 3. The molecule has 326 valence electrons. The van der Waals surface area contributed by atoms with Crippen LogP contribution in [0, 0.1) is 18.8 Å². The molecule has 1 saturated carbocycles. The fourth-order valence-electron chi connectivity index (χ4n) is 7.70. The fourth-order valence-corrected chi connectivity index (χ4v) is 7.70. The fraction of sp³-hybridized carbons (Fsp3) is 0.442. The molecule has 4 amide bonds. The van der Waals surface area contributed by atoms with Gasteiger partial charge in [-0.2, -0.15) is 22.7 Å². The van der Waals surface area contributed by atoms with Crippen molar-refractivity contribution in [2.45, 2.75) is 75.8 Å². The molecule has 1 atom stereocenters. The van der Waals surface area contributed by atoms with Gasteiger partial charge in [0.15, 0.2) is 5.82 Å². The minimum atomic E-state index is -4.84. The quantitative estimate of drug-likeness (QED) is 0.0730. The van der Waals surface area contributed by atoms with Crippen molar-refractivity contribution in [2.24, 2.45) is 11.8 Å². The molecular formula is C43H50F4N8O6. The maximum Gasteiger partial charge on any atom is 0.404 e. The van der Waals surface area contributed by atoms with Crippen LogP contribution >= 0.6 is 0 Å². The highest BCUT2D eigenvalue weighted by molar-refractivity contribution is 5.98. The second-order valence-corrected chi connectivity index (χ2v) is 16.0. The second kappa shape index (κ2) is 19.2. The van der Waals surface area contributed by atoms with E-state index in [-0.39, 0.29) is 53.2 Å². The number of aliphatic hydroxyl groups is 1.